The first-order valence-electron chi connectivity index (χ1n) is 4.85. The summed E-state index contributed by atoms with van der Waals surface area (Å²) in [6.45, 7) is 0. The number of nitro benzene ring substituents is 1. The monoisotopic (exact) mass is 231 g/mol. The molecule has 6 nitrogen and oxygen atoms in total. The number of carbonyl (C=O) groups is 1. The second-order valence-corrected chi connectivity index (χ2v) is 3.53. The summed E-state index contributed by atoms with van der Waals surface area (Å²) in [6, 6.07) is 5.93. The van der Waals surface area contributed by atoms with Gasteiger partial charge >= 0.3 is 0 Å². The van der Waals surface area contributed by atoms with Crippen LogP contribution in [0.5, 0.6) is 0 Å². The number of aromatic nitrogens is 2. The van der Waals surface area contributed by atoms with Gasteiger partial charge in [-0.3, -0.25) is 19.6 Å². The molecule has 0 radical (unpaired) electrons. The molecule has 1 aromatic heterocycles. The van der Waals surface area contributed by atoms with Gasteiger partial charge in [0.1, 0.15) is 5.69 Å². The molecule has 0 amide bonds. The van der Waals surface area contributed by atoms with Crippen molar-refractivity contribution in [2.75, 3.05) is 0 Å². The van der Waals surface area contributed by atoms with Crippen LogP contribution >= 0.6 is 0 Å². The van der Waals surface area contributed by atoms with Gasteiger partial charge in [0.2, 0.25) is 0 Å². The van der Waals surface area contributed by atoms with Crippen molar-refractivity contribution in [2.24, 2.45) is 7.05 Å². The van der Waals surface area contributed by atoms with Crippen LogP contribution in [0.1, 0.15) is 10.4 Å². The molecule has 86 valence electrons. The Morgan fingerprint density at radius 3 is 2.53 bits per heavy atom. The van der Waals surface area contributed by atoms with Gasteiger partial charge in [0.05, 0.1) is 10.5 Å². The number of aryl methyl sites for hydroxylation is 1. The minimum absolute atomic E-state index is 0.0114. The van der Waals surface area contributed by atoms with E-state index in [4.69, 9.17) is 0 Å². The molecule has 17 heavy (non-hydrogen) atoms. The van der Waals surface area contributed by atoms with Gasteiger partial charge in [-0.15, -0.1) is 0 Å². The maximum absolute atomic E-state index is 10.8. The molecule has 0 unspecified atom stereocenters. The molecular weight excluding hydrogens is 222 g/mol. The predicted molar refractivity (Wildman–Crippen MR) is 60.7 cm³/mol. The Morgan fingerprint density at radius 1 is 1.35 bits per heavy atom. The third-order valence-electron chi connectivity index (χ3n) is 2.34. The molecule has 0 aliphatic carbocycles. The van der Waals surface area contributed by atoms with Crippen molar-refractivity contribution in [3.05, 3.63) is 46.1 Å². The fourth-order valence-electron chi connectivity index (χ4n) is 1.56. The van der Waals surface area contributed by atoms with Crippen LogP contribution in [0.4, 0.5) is 5.69 Å². The first kappa shape index (κ1) is 11.0. The van der Waals surface area contributed by atoms with E-state index in [2.05, 4.69) is 5.10 Å². The third-order valence-corrected chi connectivity index (χ3v) is 2.34. The maximum atomic E-state index is 10.8. The Labute approximate surface area is 96.6 Å². The number of aldehydes is 1. The van der Waals surface area contributed by atoms with Gasteiger partial charge < -0.3 is 0 Å². The number of nitro groups is 1. The lowest BCUT2D eigenvalue weighted by Gasteiger charge is -1.97. The molecule has 2 rings (SSSR count). The first-order valence-corrected chi connectivity index (χ1v) is 4.85. The summed E-state index contributed by atoms with van der Waals surface area (Å²) in [4.78, 5) is 20.9. The minimum Gasteiger partial charge on any atom is -0.298 e. The lowest BCUT2D eigenvalue weighted by Crippen LogP contribution is -1.90. The lowest BCUT2D eigenvalue weighted by atomic mass is 10.1. The van der Waals surface area contributed by atoms with Crippen LogP contribution < -0.4 is 0 Å². The Bertz CT molecular complexity index is 572. The Morgan fingerprint density at radius 2 is 2.00 bits per heavy atom. The van der Waals surface area contributed by atoms with Gasteiger partial charge in [0.25, 0.3) is 5.69 Å². The van der Waals surface area contributed by atoms with E-state index in [1.807, 2.05) is 0 Å². The van der Waals surface area contributed by atoms with Crippen LogP contribution in [0.25, 0.3) is 11.3 Å². The molecule has 1 aromatic carbocycles. The molecule has 6 heteroatoms. The van der Waals surface area contributed by atoms with Gasteiger partial charge in [0.15, 0.2) is 6.29 Å². The van der Waals surface area contributed by atoms with Crippen molar-refractivity contribution in [1.29, 1.82) is 0 Å². The quantitative estimate of drug-likeness (QED) is 0.458. The van der Waals surface area contributed by atoms with E-state index < -0.39 is 4.92 Å². The third kappa shape index (κ3) is 2.05. The summed E-state index contributed by atoms with van der Waals surface area (Å²) in [6.07, 6.45) is 2.31. The van der Waals surface area contributed by atoms with Crippen LogP contribution in [-0.4, -0.2) is 21.0 Å². The molecule has 0 spiro atoms. The summed E-state index contributed by atoms with van der Waals surface area (Å²) < 4.78 is 1.53. The highest BCUT2D eigenvalue weighted by Crippen LogP contribution is 2.23. The number of benzene rings is 1. The fourth-order valence-corrected chi connectivity index (χ4v) is 1.56. The smallest absolute Gasteiger partial charge is 0.269 e. The van der Waals surface area contributed by atoms with Crippen LogP contribution in [0, 0.1) is 10.1 Å². The van der Waals surface area contributed by atoms with Gasteiger partial charge in [-0.25, -0.2) is 0 Å². The number of hydrogen-bond acceptors (Lipinski definition) is 4. The molecular formula is C11H9N3O3. The van der Waals surface area contributed by atoms with E-state index in [1.54, 1.807) is 25.4 Å². The zero-order chi connectivity index (χ0) is 12.4. The Kier molecular flexibility index (Phi) is 2.70. The van der Waals surface area contributed by atoms with E-state index >= 15 is 0 Å². The fraction of sp³-hybridized carbons (Fsp3) is 0.0909. The Balaban J connectivity index is 2.46. The number of nitrogens with zero attached hydrogens (tertiary/aromatic N) is 3. The van der Waals surface area contributed by atoms with Crippen molar-refractivity contribution in [3.63, 3.8) is 0 Å². The summed E-state index contributed by atoms with van der Waals surface area (Å²) >= 11 is 0. The van der Waals surface area contributed by atoms with Crippen LogP contribution in [-0.2, 0) is 7.05 Å². The summed E-state index contributed by atoms with van der Waals surface area (Å²) in [5.41, 5.74) is 1.68. The molecule has 2 aromatic rings. The molecule has 0 fully saturated rings. The highest BCUT2D eigenvalue weighted by molar-refractivity contribution is 5.85. The molecule has 0 N–H and O–H groups in total. The van der Waals surface area contributed by atoms with E-state index in [-0.39, 0.29) is 5.69 Å². The summed E-state index contributed by atoms with van der Waals surface area (Å²) in [7, 11) is 1.71. The molecule has 1 heterocycles. The predicted octanol–water partition coefficient (Wildman–Crippen LogP) is 1.81. The largest absolute Gasteiger partial charge is 0.298 e. The number of non-ortho nitro benzene ring substituents is 1. The second-order valence-electron chi connectivity index (χ2n) is 3.53. The van der Waals surface area contributed by atoms with E-state index in [0.717, 1.165) is 0 Å². The first-order chi connectivity index (χ1) is 8.11. The van der Waals surface area contributed by atoms with Crippen LogP contribution in [0.3, 0.4) is 0 Å². The van der Waals surface area contributed by atoms with Gasteiger partial charge in [-0.2, -0.15) is 5.10 Å². The second kappa shape index (κ2) is 4.17. The highest BCUT2D eigenvalue weighted by atomic mass is 16.6. The lowest BCUT2D eigenvalue weighted by molar-refractivity contribution is -0.384. The van der Waals surface area contributed by atoms with E-state index in [1.165, 1.54) is 16.8 Å². The minimum atomic E-state index is -0.469. The topological polar surface area (TPSA) is 78.0 Å². The molecule has 0 aliphatic rings. The maximum Gasteiger partial charge on any atom is 0.269 e. The van der Waals surface area contributed by atoms with Crippen molar-refractivity contribution < 1.29 is 9.72 Å². The van der Waals surface area contributed by atoms with E-state index in [0.29, 0.717) is 23.1 Å². The Hall–Kier alpha value is -2.50. The van der Waals surface area contributed by atoms with Crippen LogP contribution in [0.15, 0.2) is 30.5 Å². The molecule has 0 aliphatic heterocycles. The van der Waals surface area contributed by atoms with Crippen LogP contribution in [0.2, 0.25) is 0 Å². The normalized spacial score (nSPS) is 10.2. The number of hydrogen-bond donors (Lipinski definition) is 0. The highest BCUT2D eigenvalue weighted by Gasteiger charge is 2.11. The molecule has 0 atom stereocenters. The number of rotatable bonds is 3. The van der Waals surface area contributed by atoms with E-state index in [9.17, 15) is 14.9 Å². The summed E-state index contributed by atoms with van der Waals surface area (Å²) in [5, 5.41) is 14.6. The van der Waals surface area contributed by atoms with Crippen molar-refractivity contribution >= 4 is 12.0 Å². The molecule has 0 bridgehead atoms. The molecule has 0 saturated heterocycles. The van der Waals surface area contributed by atoms with Crippen molar-refractivity contribution in [3.8, 4) is 11.3 Å². The zero-order valence-electron chi connectivity index (χ0n) is 9.03. The van der Waals surface area contributed by atoms with Crippen molar-refractivity contribution in [1.82, 2.24) is 9.78 Å². The zero-order valence-corrected chi connectivity index (χ0v) is 9.03. The van der Waals surface area contributed by atoms with Gasteiger partial charge in [-0.1, -0.05) is 0 Å². The van der Waals surface area contributed by atoms with Crippen molar-refractivity contribution in [2.45, 2.75) is 0 Å². The average molecular weight is 231 g/mol. The SMILES string of the molecule is Cn1cc(C=O)c(-c2ccc([N+](=O)[O-])cc2)n1. The van der Waals surface area contributed by atoms with Gasteiger partial charge in [0, 0.05) is 30.9 Å². The number of carbonyl (C=O) groups excluding carboxylic acids is 1. The summed E-state index contributed by atoms with van der Waals surface area (Å²) in [5.74, 6) is 0. The average Bonchev–Trinajstić information content (AvgIpc) is 2.70. The standard InChI is InChI=1S/C11H9N3O3/c1-13-6-9(7-15)11(12-13)8-2-4-10(5-3-8)14(16)17/h2-7H,1H3. The van der Waals surface area contributed by atoms with Gasteiger partial charge in [-0.05, 0) is 12.1 Å². The molecule has 0 saturated carbocycles.